The number of carbonyl (C=O) groups excluding carboxylic acids is 10. The van der Waals surface area contributed by atoms with E-state index < -0.39 is 146 Å². The van der Waals surface area contributed by atoms with Crippen LogP contribution < -0.4 is 32.6 Å². The number of aliphatic hydroxyl groups excluding tert-OH is 4. The van der Waals surface area contributed by atoms with Crippen LogP contribution in [-0.2, 0) is 81.2 Å². The molecule has 4 fully saturated rings. The molecule has 4 aliphatic rings. The van der Waals surface area contributed by atoms with Crippen molar-refractivity contribution in [1.29, 1.82) is 0 Å². The summed E-state index contributed by atoms with van der Waals surface area (Å²) >= 11 is 6.30. The number of ketones is 4. The highest BCUT2D eigenvalue weighted by molar-refractivity contribution is 8.04. The first-order chi connectivity index (χ1) is 52.1. The zero-order chi connectivity index (χ0) is 81.4. The van der Waals surface area contributed by atoms with Crippen LogP contribution in [0, 0.1) is 29.6 Å². The first kappa shape index (κ1) is 93.6. The number of hydrogen-bond donors (Lipinski definition) is 10. The number of halogens is 4. The third-order valence-corrected chi connectivity index (χ3v) is 25.0. The molecule has 2 aromatic heterocycles. The standard InChI is InChI=1S/C35H50F2N4O12S2.C34H48F2N4O13S2/c1-3-21(18-54-25-4-5-26(25)55-19-23(33(49)50)14-24(44)9-13-52-12-8-20(2)43)32(48)38-10-6-30(46)53-17-29(45)39-28-7-11-41(34(51)40-28)27-15-22(16-42)31(47)35(27,36)37;1-3-20(31(48)49)17-54-24-4-5-25(24)55-18-21(14-22(43)9-13-51-12-8-19(2)42)30(47)37-10-6-28(45)52-16-27(44)38-26-7-11-40(33(50)39-26)32-34(35,36)29(46)23(15-41)53-32/h7,11,21-23,25-27,31,42,47H,3-6,8-10,12-19H2,1-2H3,(H,38,48)(H,49,50)(H,39,40,45,51);7,11,20-21,23-25,29,32,41,46H,3-6,8-10,12-18H2,1-2H3,(H,37,47)(H,48,49)(H,38,39,44,50)/t21?,22-,23?,25?,26?,27-,31-;20?,21?,23-,24?,25?,29-,32-/m00/s1. The maximum Gasteiger partial charge on any atom is 0.351 e. The Morgan fingerprint density at radius 1 is 0.564 bits per heavy atom. The second kappa shape index (κ2) is 46.9. The molecule has 6 rings (SSSR count). The number of thioether (sulfide) groups is 4. The first-order valence-corrected chi connectivity index (χ1v) is 40.1. The summed E-state index contributed by atoms with van der Waals surface area (Å²) in [6.07, 6.45) is -2.33. The Kier molecular flexibility index (Phi) is 39.9. The maximum atomic E-state index is 14.5. The molecule has 3 saturated carbocycles. The molecular formula is C69H98F4N8O25S4. The fraction of sp³-hybridized carbons (Fsp3) is 0.710. The third-order valence-electron chi connectivity index (χ3n) is 18.3. The smallest absolute Gasteiger partial charge is 0.351 e. The zero-order valence-corrected chi connectivity index (χ0v) is 64.5. The van der Waals surface area contributed by atoms with Gasteiger partial charge in [-0.3, -0.25) is 66.7 Å². The number of amides is 4. The zero-order valence-electron chi connectivity index (χ0n) is 61.3. The van der Waals surface area contributed by atoms with Gasteiger partial charge in [-0.15, -0.1) is 0 Å². The number of aliphatic hydroxyl groups is 4. The number of carboxylic acids is 2. The molecular weight excluding hydrogens is 1550 g/mol. The van der Waals surface area contributed by atoms with E-state index in [1.165, 1.54) is 25.6 Å². The van der Waals surface area contributed by atoms with Crippen LogP contribution in [-0.4, -0.2) is 260 Å². The molecule has 2 aromatic rings. The highest BCUT2D eigenvalue weighted by atomic mass is 32.2. The normalized spacial score (nSPS) is 22.5. The van der Waals surface area contributed by atoms with Crippen molar-refractivity contribution in [2.24, 2.45) is 29.6 Å². The van der Waals surface area contributed by atoms with Gasteiger partial charge in [0, 0.05) is 126 Å². The Balaban J connectivity index is 0.000000394. The van der Waals surface area contributed by atoms with Gasteiger partial charge in [-0.2, -0.15) is 65.8 Å². The van der Waals surface area contributed by atoms with E-state index >= 15 is 0 Å². The number of nitrogens with one attached hydrogen (secondary N) is 4. The number of carboxylic acid groups (broad SMARTS) is 2. The van der Waals surface area contributed by atoms with Crippen LogP contribution in [0.4, 0.5) is 29.2 Å². The van der Waals surface area contributed by atoms with E-state index in [4.69, 9.17) is 28.8 Å². The van der Waals surface area contributed by atoms with Crippen molar-refractivity contribution in [3.63, 3.8) is 0 Å². The molecule has 0 spiro atoms. The molecule has 33 nitrogen and oxygen atoms in total. The highest BCUT2D eigenvalue weighted by Gasteiger charge is 2.60. The predicted molar refractivity (Wildman–Crippen MR) is 393 cm³/mol. The van der Waals surface area contributed by atoms with Gasteiger partial charge in [0.15, 0.2) is 19.3 Å². The Bertz CT molecular complexity index is 3590. The SMILES string of the molecule is CCC(CSC1CCC1SCC(CC(=O)CCOCCC(C)=O)C(=O)NCCC(=O)OCC(=O)Nc1ccn([C@H]2O[C@@H](CO)[C@H](O)C2(F)F)c(=O)n1)C(=O)O.CCC(CSC1CCC1SCC(CC(=O)CCOCCC(C)=O)C(=O)O)C(=O)NCCC(=O)OCC(=O)Nc1ccn([C@H]2C[C@@H](CO)[C@H](O)C2(F)F)c(=O)n1. The van der Waals surface area contributed by atoms with E-state index in [9.17, 15) is 110 Å². The summed E-state index contributed by atoms with van der Waals surface area (Å²) in [6, 6.07) is 0.357. The largest absolute Gasteiger partial charge is 0.481 e. The van der Waals surface area contributed by atoms with E-state index in [-0.39, 0.29) is 171 Å². The molecule has 41 heteroatoms. The second-order valence-corrected chi connectivity index (χ2v) is 31.8. The van der Waals surface area contributed by atoms with Crippen molar-refractivity contribution in [3.05, 3.63) is 45.5 Å². The summed E-state index contributed by atoms with van der Waals surface area (Å²) in [7, 11) is 0. The van der Waals surface area contributed by atoms with Gasteiger partial charge >= 0.3 is 41.2 Å². The molecule has 3 aliphatic carbocycles. The number of ether oxygens (including phenoxy) is 5. The molecule has 1 aliphatic heterocycles. The molecule has 0 aromatic carbocycles. The molecule has 616 valence electrons. The average Bonchev–Trinajstić information content (AvgIpc) is 1.62. The Morgan fingerprint density at radius 2 is 0.973 bits per heavy atom. The summed E-state index contributed by atoms with van der Waals surface area (Å²) in [6.45, 7) is 3.87. The summed E-state index contributed by atoms with van der Waals surface area (Å²) in [5, 5.41) is 67.5. The summed E-state index contributed by atoms with van der Waals surface area (Å²) in [5.41, 5.74) is -2.38. The minimum Gasteiger partial charge on any atom is -0.481 e. The lowest BCUT2D eigenvalue weighted by Gasteiger charge is -2.36. The minimum atomic E-state index is -3.93. The van der Waals surface area contributed by atoms with E-state index in [1.807, 2.05) is 13.8 Å². The fourth-order valence-corrected chi connectivity index (χ4v) is 18.0. The van der Waals surface area contributed by atoms with Crippen LogP contribution in [0.15, 0.2) is 34.1 Å². The lowest BCUT2D eigenvalue weighted by Crippen LogP contribution is -2.41. The average molecular weight is 1640 g/mol. The van der Waals surface area contributed by atoms with Crippen molar-refractivity contribution in [1.82, 2.24) is 29.7 Å². The molecule has 4 amide bonds. The van der Waals surface area contributed by atoms with Crippen molar-refractivity contribution >= 4 is 129 Å². The van der Waals surface area contributed by atoms with E-state index in [1.54, 1.807) is 35.3 Å². The van der Waals surface area contributed by atoms with Gasteiger partial charge in [0.05, 0.1) is 63.6 Å². The molecule has 110 heavy (non-hydrogen) atoms. The number of nitrogens with zero attached hydrogens (tertiary/aromatic N) is 4. The van der Waals surface area contributed by atoms with Crippen molar-refractivity contribution in [2.75, 3.05) is 99.6 Å². The Labute approximate surface area is 647 Å². The Morgan fingerprint density at radius 3 is 1.36 bits per heavy atom. The molecule has 14 atom stereocenters. The number of aromatic nitrogens is 4. The van der Waals surface area contributed by atoms with Gasteiger partial charge in [-0.1, -0.05) is 13.8 Å². The van der Waals surface area contributed by atoms with Crippen molar-refractivity contribution in [3.8, 4) is 0 Å². The topological polar surface area (TPSA) is 490 Å². The third kappa shape index (κ3) is 30.2. The first-order valence-electron chi connectivity index (χ1n) is 35.9. The summed E-state index contributed by atoms with van der Waals surface area (Å²) in [5.74, 6) is -16.6. The van der Waals surface area contributed by atoms with Crippen LogP contribution in [0.2, 0.25) is 0 Å². The highest BCUT2D eigenvalue weighted by Crippen LogP contribution is 2.47. The van der Waals surface area contributed by atoms with E-state index in [2.05, 4.69) is 31.2 Å². The van der Waals surface area contributed by atoms with Crippen LogP contribution in [0.1, 0.15) is 136 Å². The van der Waals surface area contributed by atoms with E-state index in [0.29, 0.717) is 39.2 Å². The maximum absolute atomic E-state index is 14.5. The number of alkyl halides is 4. The van der Waals surface area contributed by atoms with Gasteiger partial charge < -0.3 is 75.6 Å². The molecule has 0 bridgehead atoms. The number of esters is 2. The number of hydrogen-bond acceptors (Lipinski definition) is 29. The number of rotatable bonds is 50. The van der Waals surface area contributed by atoms with Crippen LogP contribution in [0.25, 0.3) is 0 Å². The van der Waals surface area contributed by atoms with Crippen molar-refractivity contribution in [2.45, 2.75) is 187 Å². The van der Waals surface area contributed by atoms with Gasteiger partial charge in [-0.25, -0.2) is 18.4 Å². The number of aliphatic carboxylic acids is 2. The van der Waals surface area contributed by atoms with Crippen LogP contribution in [0.5, 0.6) is 0 Å². The molecule has 0 radical (unpaired) electrons. The van der Waals surface area contributed by atoms with Gasteiger partial charge in [-0.05, 0) is 70.9 Å². The fourth-order valence-electron chi connectivity index (χ4n) is 11.3. The van der Waals surface area contributed by atoms with Crippen LogP contribution in [0.3, 0.4) is 0 Å². The number of carbonyl (C=O) groups is 12. The van der Waals surface area contributed by atoms with Gasteiger partial charge in [0.2, 0.25) is 18.0 Å². The summed E-state index contributed by atoms with van der Waals surface area (Å²) in [4.78, 5) is 177. The quantitative estimate of drug-likeness (QED) is 0.0258. The number of anilines is 2. The summed E-state index contributed by atoms with van der Waals surface area (Å²) < 4.78 is 84.2. The van der Waals surface area contributed by atoms with Gasteiger partial charge in [0.25, 0.3) is 17.7 Å². The molecule has 3 heterocycles. The monoisotopic (exact) mass is 1640 g/mol. The van der Waals surface area contributed by atoms with Crippen LogP contribution >= 0.6 is 47.0 Å². The molecule has 1 saturated heterocycles. The molecule has 10 N–H and O–H groups in total. The Hall–Kier alpha value is -6.96. The number of Topliss-reactive ketones (excluding diaryl/α,β-unsaturated/α-hetero) is 4. The lowest BCUT2D eigenvalue weighted by atomic mass is 9.99. The predicted octanol–water partition coefficient (Wildman–Crippen LogP) is 3.04. The van der Waals surface area contributed by atoms with E-state index in [0.717, 1.165) is 50.2 Å². The van der Waals surface area contributed by atoms with Gasteiger partial charge in [0.1, 0.15) is 53.0 Å². The van der Waals surface area contributed by atoms with Crippen molar-refractivity contribution < 1.29 is 129 Å². The lowest BCUT2D eigenvalue weighted by molar-refractivity contribution is -0.147. The second-order valence-electron chi connectivity index (χ2n) is 26.7. The molecule has 8 unspecified atom stereocenters. The minimum absolute atomic E-state index is 0.0127.